The molecule has 4 nitrogen and oxygen atoms in total. The van der Waals surface area contributed by atoms with Crippen LogP contribution in [-0.4, -0.2) is 55.0 Å². The number of likely N-dealkylation sites (tertiary alicyclic amines) is 1. The number of carbonyl (C=O) groups excluding carboxylic acids is 1. The molecule has 1 N–H and O–H groups in total. The second-order valence-electron chi connectivity index (χ2n) is 6.74. The summed E-state index contributed by atoms with van der Waals surface area (Å²) in [7, 11) is 0. The SMILES string of the molecule is CC1CCCN(C(C(=O)N2CCNCC2)c2ccccc2F)C1. The van der Waals surface area contributed by atoms with Gasteiger partial charge in [-0.25, -0.2) is 4.39 Å². The molecule has 23 heavy (non-hydrogen) atoms. The number of halogens is 1. The first-order chi connectivity index (χ1) is 11.2. The lowest BCUT2D eigenvalue weighted by molar-refractivity contribution is -0.138. The molecule has 2 unspecified atom stereocenters. The van der Waals surface area contributed by atoms with E-state index in [0.29, 0.717) is 24.6 Å². The first-order valence-corrected chi connectivity index (χ1v) is 8.65. The number of hydrogen-bond donors (Lipinski definition) is 1. The summed E-state index contributed by atoms with van der Waals surface area (Å²) in [5.41, 5.74) is 0.519. The predicted molar refractivity (Wildman–Crippen MR) is 88.6 cm³/mol. The Bertz CT molecular complexity index is 545. The molecule has 2 saturated heterocycles. The fourth-order valence-corrected chi connectivity index (χ4v) is 3.70. The van der Waals surface area contributed by atoms with Gasteiger partial charge >= 0.3 is 0 Å². The average Bonchev–Trinajstić information content (AvgIpc) is 2.58. The molecule has 2 atom stereocenters. The highest BCUT2D eigenvalue weighted by molar-refractivity contribution is 5.83. The zero-order valence-corrected chi connectivity index (χ0v) is 13.8. The Morgan fingerprint density at radius 3 is 2.70 bits per heavy atom. The van der Waals surface area contributed by atoms with Gasteiger partial charge in [-0.1, -0.05) is 25.1 Å². The van der Waals surface area contributed by atoms with E-state index in [4.69, 9.17) is 0 Å². The maximum Gasteiger partial charge on any atom is 0.244 e. The van der Waals surface area contributed by atoms with Gasteiger partial charge in [-0.2, -0.15) is 0 Å². The van der Waals surface area contributed by atoms with E-state index >= 15 is 0 Å². The summed E-state index contributed by atoms with van der Waals surface area (Å²) in [4.78, 5) is 17.2. The number of carbonyl (C=O) groups is 1. The molecule has 5 heteroatoms. The van der Waals surface area contributed by atoms with Crippen molar-refractivity contribution >= 4 is 5.91 Å². The van der Waals surface area contributed by atoms with Crippen molar-refractivity contribution in [3.63, 3.8) is 0 Å². The van der Waals surface area contributed by atoms with E-state index < -0.39 is 6.04 Å². The molecule has 0 aliphatic carbocycles. The van der Waals surface area contributed by atoms with E-state index in [1.165, 1.54) is 12.5 Å². The molecule has 126 valence electrons. The monoisotopic (exact) mass is 319 g/mol. The molecule has 1 aromatic carbocycles. The average molecular weight is 319 g/mol. The predicted octanol–water partition coefficient (Wildman–Crippen LogP) is 2.03. The highest BCUT2D eigenvalue weighted by Crippen LogP contribution is 2.30. The van der Waals surface area contributed by atoms with E-state index in [-0.39, 0.29) is 11.7 Å². The summed E-state index contributed by atoms with van der Waals surface area (Å²) in [6, 6.07) is 6.24. The van der Waals surface area contributed by atoms with E-state index in [9.17, 15) is 9.18 Å². The molecule has 0 aromatic heterocycles. The summed E-state index contributed by atoms with van der Waals surface area (Å²) >= 11 is 0. The quantitative estimate of drug-likeness (QED) is 0.926. The minimum Gasteiger partial charge on any atom is -0.338 e. The first kappa shape index (κ1) is 16.4. The molecule has 0 spiro atoms. The summed E-state index contributed by atoms with van der Waals surface area (Å²) in [6.07, 6.45) is 2.25. The molecule has 2 fully saturated rings. The van der Waals surface area contributed by atoms with Crippen LogP contribution in [0.5, 0.6) is 0 Å². The van der Waals surface area contributed by atoms with Gasteiger partial charge in [0.25, 0.3) is 0 Å². The Balaban J connectivity index is 1.89. The van der Waals surface area contributed by atoms with Crippen molar-refractivity contribution in [3.8, 4) is 0 Å². The Labute approximate surface area is 137 Å². The number of rotatable bonds is 3. The van der Waals surface area contributed by atoms with E-state index in [0.717, 1.165) is 32.6 Å². The summed E-state index contributed by atoms with van der Waals surface area (Å²) in [5.74, 6) is 0.318. The fraction of sp³-hybridized carbons (Fsp3) is 0.611. The molecule has 0 saturated carbocycles. The molecule has 2 heterocycles. The van der Waals surface area contributed by atoms with E-state index in [1.54, 1.807) is 12.1 Å². The van der Waals surface area contributed by atoms with Crippen LogP contribution in [0, 0.1) is 11.7 Å². The van der Waals surface area contributed by atoms with Crippen molar-refractivity contribution in [2.45, 2.75) is 25.8 Å². The summed E-state index contributed by atoms with van der Waals surface area (Å²) in [5, 5.41) is 3.26. The number of amides is 1. The lowest BCUT2D eigenvalue weighted by atomic mass is 9.95. The van der Waals surface area contributed by atoms with E-state index in [2.05, 4.69) is 17.1 Å². The number of nitrogens with one attached hydrogen (secondary N) is 1. The van der Waals surface area contributed by atoms with Crippen LogP contribution >= 0.6 is 0 Å². The number of piperazine rings is 1. The Hall–Kier alpha value is -1.46. The third-order valence-corrected chi connectivity index (χ3v) is 4.92. The van der Waals surface area contributed by atoms with Gasteiger partial charge in [0, 0.05) is 38.3 Å². The molecule has 0 bridgehead atoms. The van der Waals surface area contributed by atoms with Gasteiger partial charge in [0.15, 0.2) is 0 Å². The minimum atomic E-state index is -0.489. The summed E-state index contributed by atoms with van der Waals surface area (Å²) < 4.78 is 14.4. The van der Waals surface area contributed by atoms with Crippen LogP contribution in [0.25, 0.3) is 0 Å². The molecule has 3 rings (SSSR count). The maximum atomic E-state index is 14.4. The van der Waals surface area contributed by atoms with Gasteiger partial charge in [0.1, 0.15) is 11.9 Å². The van der Waals surface area contributed by atoms with Crippen molar-refractivity contribution < 1.29 is 9.18 Å². The molecule has 1 aromatic rings. The number of nitrogens with zero attached hydrogens (tertiary/aromatic N) is 2. The lowest BCUT2D eigenvalue weighted by Gasteiger charge is -2.40. The maximum absolute atomic E-state index is 14.4. The number of piperidine rings is 1. The molecular formula is C18H26FN3O. The standard InChI is InChI=1S/C18H26FN3O/c1-14-5-4-10-22(13-14)17(15-6-2-3-7-16(15)19)18(23)21-11-8-20-9-12-21/h2-3,6-7,14,17,20H,4-5,8-13H2,1H3. The highest BCUT2D eigenvalue weighted by atomic mass is 19.1. The van der Waals surface area contributed by atoms with Crippen LogP contribution < -0.4 is 5.32 Å². The van der Waals surface area contributed by atoms with Crippen LogP contribution in [0.15, 0.2) is 24.3 Å². The van der Waals surface area contributed by atoms with Crippen LogP contribution in [0.3, 0.4) is 0 Å². The van der Waals surface area contributed by atoms with E-state index in [1.807, 2.05) is 11.0 Å². The van der Waals surface area contributed by atoms with Crippen molar-refractivity contribution in [3.05, 3.63) is 35.6 Å². The normalized spacial score (nSPS) is 24.4. The van der Waals surface area contributed by atoms with Gasteiger partial charge < -0.3 is 10.2 Å². The smallest absolute Gasteiger partial charge is 0.244 e. The van der Waals surface area contributed by atoms with Crippen LogP contribution in [0.1, 0.15) is 31.4 Å². The lowest BCUT2D eigenvalue weighted by Crippen LogP contribution is -2.52. The van der Waals surface area contributed by atoms with Crippen molar-refractivity contribution in [2.75, 3.05) is 39.3 Å². The van der Waals surface area contributed by atoms with Gasteiger partial charge in [0.2, 0.25) is 5.91 Å². The summed E-state index contributed by atoms with van der Waals surface area (Å²) in [6.45, 7) is 6.95. The third kappa shape index (κ3) is 3.72. The first-order valence-electron chi connectivity index (χ1n) is 8.65. The third-order valence-electron chi connectivity index (χ3n) is 4.92. The fourth-order valence-electron chi connectivity index (χ4n) is 3.70. The van der Waals surface area contributed by atoms with Crippen LogP contribution in [0.4, 0.5) is 4.39 Å². The second kappa shape index (κ2) is 7.41. The molecule has 0 radical (unpaired) electrons. The zero-order valence-electron chi connectivity index (χ0n) is 13.8. The van der Waals surface area contributed by atoms with Gasteiger partial charge in [-0.3, -0.25) is 9.69 Å². The van der Waals surface area contributed by atoms with Crippen LogP contribution in [0.2, 0.25) is 0 Å². The second-order valence-corrected chi connectivity index (χ2v) is 6.74. The van der Waals surface area contributed by atoms with Gasteiger partial charge in [-0.05, 0) is 31.4 Å². The Morgan fingerprint density at radius 2 is 2.00 bits per heavy atom. The zero-order chi connectivity index (χ0) is 16.2. The highest BCUT2D eigenvalue weighted by Gasteiger charge is 2.35. The van der Waals surface area contributed by atoms with Crippen molar-refractivity contribution in [2.24, 2.45) is 5.92 Å². The molecule has 2 aliphatic heterocycles. The minimum absolute atomic E-state index is 0.0469. The molecule has 1 amide bonds. The van der Waals surface area contributed by atoms with Crippen LogP contribution in [-0.2, 0) is 4.79 Å². The largest absolute Gasteiger partial charge is 0.338 e. The van der Waals surface area contributed by atoms with Gasteiger partial charge in [-0.15, -0.1) is 0 Å². The number of benzene rings is 1. The van der Waals surface area contributed by atoms with Crippen molar-refractivity contribution in [1.29, 1.82) is 0 Å². The number of hydrogen-bond acceptors (Lipinski definition) is 3. The van der Waals surface area contributed by atoms with Gasteiger partial charge in [0.05, 0.1) is 0 Å². The Kier molecular flexibility index (Phi) is 5.28. The molecular weight excluding hydrogens is 293 g/mol. The van der Waals surface area contributed by atoms with Crippen molar-refractivity contribution in [1.82, 2.24) is 15.1 Å². The Morgan fingerprint density at radius 1 is 1.26 bits per heavy atom. The molecule has 2 aliphatic rings. The topological polar surface area (TPSA) is 35.6 Å².